The summed E-state index contributed by atoms with van der Waals surface area (Å²) in [5.41, 5.74) is 1.37. The maximum absolute atomic E-state index is 4.28. The molecule has 0 aliphatic heterocycles. The van der Waals surface area contributed by atoms with Gasteiger partial charge in [0.15, 0.2) is 0 Å². The van der Waals surface area contributed by atoms with Gasteiger partial charge in [0.2, 0.25) is 0 Å². The summed E-state index contributed by atoms with van der Waals surface area (Å²) in [6, 6.07) is 2.98. The number of hydrogen-bond donors (Lipinski definition) is 1. The van der Waals surface area contributed by atoms with Crippen LogP contribution in [0.15, 0.2) is 24.7 Å². The van der Waals surface area contributed by atoms with Gasteiger partial charge in [0, 0.05) is 36.1 Å². The van der Waals surface area contributed by atoms with Crippen LogP contribution in [-0.4, -0.2) is 15.6 Å². The van der Waals surface area contributed by atoms with Crippen LogP contribution in [0.3, 0.4) is 0 Å². The molecule has 3 nitrogen and oxygen atoms in total. The van der Waals surface area contributed by atoms with Gasteiger partial charge in [0.25, 0.3) is 0 Å². The first-order valence-corrected chi connectivity index (χ1v) is 6.90. The molecule has 0 atom stereocenters. The van der Waals surface area contributed by atoms with Crippen molar-refractivity contribution >= 4 is 11.3 Å². The fourth-order valence-corrected chi connectivity index (χ4v) is 2.71. The minimum atomic E-state index is 0.780. The molecule has 2 aromatic heterocycles. The van der Waals surface area contributed by atoms with Gasteiger partial charge in [0.05, 0.1) is 11.6 Å². The standard InChI is InChI=1S/C13H17N3S/c1-10-14-7-13(17-10)9-16-5-4-11(8-16)6-15-12-2-3-12/h4-5,7-8,12,15H,2-3,6,9H2,1H3. The minimum absolute atomic E-state index is 0.780. The van der Waals surface area contributed by atoms with Crippen LogP contribution in [-0.2, 0) is 13.1 Å². The Morgan fingerprint density at radius 3 is 3.12 bits per heavy atom. The molecular formula is C13H17N3S. The normalized spacial score (nSPS) is 15.4. The van der Waals surface area contributed by atoms with Gasteiger partial charge in [-0.3, -0.25) is 0 Å². The van der Waals surface area contributed by atoms with E-state index in [0.717, 1.165) is 24.1 Å². The van der Waals surface area contributed by atoms with E-state index in [1.165, 1.54) is 23.3 Å². The molecule has 1 saturated carbocycles. The number of nitrogens with zero attached hydrogens (tertiary/aromatic N) is 2. The SMILES string of the molecule is Cc1ncc(Cn2ccc(CNC3CC3)c2)s1. The highest BCUT2D eigenvalue weighted by molar-refractivity contribution is 7.11. The molecule has 3 rings (SSSR count). The Kier molecular flexibility index (Phi) is 2.99. The van der Waals surface area contributed by atoms with E-state index in [1.807, 2.05) is 6.20 Å². The van der Waals surface area contributed by atoms with Gasteiger partial charge in [0.1, 0.15) is 0 Å². The molecule has 1 N–H and O–H groups in total. The number of hydrogen-bond acceptors (Lipinski definition) is 3. The number of aromatic nitrogens is 2. The van der Waals surface area contributed by atoms with E-state index < -0.39 is 0 Å². The van der Waals surface area contributed by atoms with Gasteiger partial charge in [-0.1, -0.05) is 0 Å². The predicted octanol–water partition coefficient (Wildman–Crippen LogP) is 2.55. The minimum Gasteiger partial charge on any atom is -0.349 e. The second-order valence-corrected chi connectivity index (χ2v) is 6.01. The Hall–Kier alpha value is -1.13. The van der Waals surface area contributed by atoms with E-state index >= 15 is 0 Å². The van der Waals surface area contributed by atoms with E-state index in [4.69, 9.17) is 0 Å². The van der Waals surface area contributed by atoms with Crippen molar-refractivity contribution in [3.8, 4) is 0 Å². The molecule has 0 aromatic carbocycles. The molecule has 17 heavy (non-hydrogen) atoms. The summed E-state index contributed by atoms with van der Waals surface area (Å²) in [5, 5.41) is 4.67. The molecule has 0 saturated heterocycles. The fourth-order valence-electron chi connectivity index (χ4n) is 1.90. The van der Waals surface area contributed by atoms with E-state index in [9.17, 15) is 0 Å². The summed E-state index contributed by atoms with van der Waals surface area (Å²) in [6.07, 6.45) is 9.05. The Morgan fingerprint density at radius 1 is 1.53 bits per heavy atom. The van der Waals surface area contributed by atoms with Gasteiger partial charge in [-0.15, -0.1) is 11.3 Å². The fraction of sp³-hybridized carbons (Fsp3) is 0.462. The van der Waals surface area contributed by atoms with Crippen LogP contribution >= 0.6 is 11.3 Å². The summed E-state index contributed by atoms with van der Waals surface area (Å²) < 4.78 is 2.23. The van der Waals surface area contributed by atoms with Gasteiger partial charge >= 0.3 is 0 Å². The second kappa shape index (κ2) is 4.63. The molecule has 0 radical (unpaired) electrons. The first kappa shape index (κ1) is 11.0. The van der Waals surface area contributed by atoms with E-state index in [0.29, 0.717) is 0 Å². The number of thiazole rings is 1. The molecule has 0 unspecified atom stereocenters. The Balaban J connectivity index is 1.59. The van der Waals surface area contributed by atoms with Crippen LogP contribution in [0.1, 0.15) is 28.3 Å². The number of nitrogens with one attached hydrogen (secondary N) is 1. The summed E-state index contributed by atoms with van der Waals surface area (Å²) >= 11 is 1.77. The van der Waals surface area contributed by atoms with Crippen LogP contribution in [0, 0.1) is 6.92 Å². The Labute approximate surface area is 106 Å². The Bertz CT molecular complexity index is 496. The van der Waals surface area contributed by atoms with Gasteiger partial charge in [-0.2, -0.15) is 0 Å². The van der Waals surface area contributed by atoms with Gasteiger partial charge in [-0.25, -0.2) is 4.98 Å². The second-order valence-electron chi connectivity index (χ2n) is 4.69. The third kappa shape index (κ3) is 2.96. The first-order valence-electron chi connectivity index (χ1n) is 6.09. The zero-order valence-corrected chi connectivity index (χ0v) is 10.8. The van der Waals surface area contributed by atoms with Crippen LogP contribution in [0.4, 0.5) is 0 Å². The lowest BCUT2D eigenvalue weighted by Crippen LogP contribution is -2.14. The maximum atomic E-state index is 4.28. The topological polar surface area (TPSA) is 29.9 Å². The summed E-state index contributed by atoms with van der Waals surface area (Å²) in [5.74, 6) is 0. The molecule has 0 amide bonds. The summed E-state index contributed by atoms with van der Waals surface area (Å²) in [7, 11) is 0. The van der Waals surface area contributed by atoms with Crippen molar-refractivity contribution in [1.29, 1.82) is 0 Å². The molecule has 0 spiro atoms. The van der Waals surface area contributed by atoms with Crippen molar-refractivity contribution in [1.82, 2.24) is 14.9 Å². The predicted molar refractivity (Wildman–Crippen MR) is 70.2 cm³/mol. The molecule has 4 heteroatoms. The van der Waals surface area contributed by atoms with Crippen molar-refractivity contribution in [2.75, 3.05) is 0 Å². The highest BCUT2D eigenvalue weighted by atomic mass is 32.1. The smallest absolute Gasteiger partial charge is 0.0897 e. The van der Waals surface area contributed by atoms with E-state index in [-0.39, 0.29) is 0 Å². The molecule has 1 aliphatic carbocycles. The van der Waals surface area contributed by atoms with Crippen molar-refractivity contribution in [3.63, 3.8) is 0 Å². The van der Waals surface area contributed by atoms with Crippen molar-refractivity contribution in [2.24, 2.45) is 0 Å². The lowest BCUT2D eigenvalue weighted by Gasteiger charge is -2.00. The van der Waals surface area contributed by atoms with Crippen LogP contribution < -0.4 is 5.32 Å². The average Bonchev–Trinajstić information content (AvgIpc) is 2.90. The van der Waals surface area contributed by atoms with Crippen molar-refractivity contribution < 1.29 is 0 Å². The molecule has 2 heterocycles. The summed E-state index contributed by atoms with van der Waals surface area (Å²) in [4.78, 5) is 5.60. The van der Waals surface area contributed by atoms with E-state index in [1.54, 1.807) is 11.3 Å². The highest BCUT2D eigenvalue weighted by Gasteiger charge is 2.19. The third-order valence-electron chi connectivity index (χ3n) is 2.99. The molecule has 1 aliphatic rings. The van der Waals surface area contributed by atoms with Crippen molar-refractivity contribution in [3.05, 3.63) is 40.1 Å². The lowest BCUT2D eigenvalue weighted by molar-refractivity contribution is 0.685. The van der Waals surface area contributed by atoms with Crippen LogP contribution in [0.25, 0.3) is 0 Å². The van der Waals surface area contributed by atoms with Gasteiger partial charge in [-0.05, 0) is 31.4 Å². The quantitative estimate of drug-likeness (QED) is 0.880. The third-order valence-corrected chi connectivity index (χ3v) is 3.89. The molecule has 2 aromatic rings. The molecular weight excluding hydrogens is 230 g/mol. The monoisotopic (exact) mass is 247 g/mol. The first-order chi connectivity index (χ1) is 8.29. The van der Waals surface area contributed by atoms with Gasteiger partial charge < -0.3 is 9.88 Å². The summed E-state index contributed by atoms with van der Waals surface area (Å²) in [6.45, 7) is 3.99. The molecule has 0 bridgehead atoms. The van der Waals surface area contributed by atoms with Crippen molar-refractivity contribution in [2.45, 2.75) is 38.9 Å². The Morgan fingerprint density at radius 2 is 2.41 bits per heavy atom. The van der Waals surface area contributed by atoms with E-state index in [2.05, 4.69) is 40.3 Å². The highest BCUT2D eigenvalue weighted by Crippen LogP contribution is 2.19. The van der Waals surface area contributed by atoms with Crippen LogP contribution in [0.2, 0.25) is 0 Å². The lowest BCUT2D eigenvalue weighted by atomic mass is 10.3. The largest absolute Gasteiger partial charge is 0.349 e. The zero-order chi connectivity index (χ0) is 11.7. The maximum Gasteiger partial charge on any atom is 0.0897 e. The van der Waals surface area contributed by atoms with Crippen LogP contribution in [0.5, 0.6) is 0 Å². The average molecular weight is 247 g/mol. The molecule has 90 valence electrons. The molecule has 1 fully saturated rings. The number of rotatable bonds is 5. The number of aryl methyl sites for hydroxylation is 1. The zero-order valence-electron chi connectivity index (χ0n) is 10.0.